The van der Waals surface area contributed by atoms with Gasteiger partial charge in [-0.1, -0.05) is 13.8 Å². The Hall–Kier alpha value is -1.93. The number of halogens is 1. The lowest BCUT2D eigenvalue weighted by Crippen LogP contribution is -2.62. The van der Waals surface area contributed by atoms with Crippen LogP contribution >= 0.6 is 0 Å². The van der Waals surface area contributed by atoms with Gasteiger partial charge in [-0.05, 0) is 111 Å². The Bertz CT molecular complexity index is 1090. The van der Waals surface area contributed by atoms with Gasteiger partial charge in [-0.15, -0.1) is 0 Å². The van der Waals surface area contributed by atoms with Crippen molar-refractivity contribution in [3.05, 3.63) is 34.4 Å². The number of rotatable bonds is 3. The Labute approximate surface area is 224 Å². The maximum absolute atomic E-state index is 14.2. The second kappa shape index (κ2) is 9.61. The molecule has 6 rings (SSSR count). The molecule has 38 heavy (non-hydrogen) atoms. The van der Waals surface area contributed by atoms with Gasteiger partial charge in [-0.25, -0.2) is 14.0 Å². The molecule has 1 aromatic rings. The first kappa shape index (κ1) is 26.3. The summed E-state index contributed by atoms with van der Waals surface area (Å²) in [6.45, 7) is 5.74. The average Bonchev–Trinajstić information content (AvgIpc) is 3.17. The molecule has 4 N–H and O–H groups in total. The van der Waals surface area contributed by atoms with E-state index in [4.69, 9.17) is 4.42 Å². The molecule has 5 aliphatic rings. The molecule has 4 aliphatic carbocycles. The summed E-state index contributed by atoms with van der Waals surface area (Å²) in [7, 11) is 0. The van der Waals surface area contributed by atoms with Crippen molar-refractivity contribution in [1.29, 1.82) is 0 Å². The molecule has 1 aliphatic heterocycles. The Morgan fingerprint density at radius 3 is 2.66 bits per heavy atom. The molecule has 210 valence electrons. The van der Waals surface area contributed by atoms with Crippen LogP contribution in [0.25, 0.3) is 0 Å². The number of carbonyl (C=O) groups is 1. The van der Waals surface area contributed by atoms with Crippen LogP contribution in [0.2, 0.25) is 0 Å². The van der Waals surface area contributed by atoms with Crippen LogP contribution in [0.3, 0.4) is 0 Å². The van der Waals surface area contributed by atoms with E-state index in [9.17, 15) is 19.1 Å². The summed E-state index contributed by atoms with van der Waals surface area (Å²) in [5, 5.41) is 21.5. The van der Waals surface area contributed by atoms with Gasteiger partial charge in [0.05, 0.1) is 17.9 Å². The van der Waals surface area contributed by atoms with Crippen LogP contribution < -0.4 is 21.6 Å². The number of carbonyl (C=O) groups excluding carboxylic acids is 1. The molecule has 4 saturated carbocycles. The third-order valence-electron chi connectivity index (χ3n) is 12.0. The summed E-state index contributed by atoms with van der Waals surface area (Å²) in [6, 6.07) is 2.85. The van der Waals surface area contributed by atoms with Crippen molar-refractivity contribution in [3.63, 3.8) is 0 Å². The zero-order valence-electron chi connectivity index (χ0n) is 22.8. The Morgan fingerprint density at radius 1 is 1.05 bits per heavy atom. The van der Waals surface area contributed by atoms with Gasteiger partial charge < -0.3 is 25.5 Å². The molecular formula is C30H44FN3O4. The number of alkyl halides is 1. The Balaban J connectivity index is 1.13. The highest BCUT2D eigenvalue weighted by molar-refractivity contribution is 5.74. The van der Waals surface area contributed by atoms with Crippen molar-refractivity contribution in [3.8, 4) is 0 Å². The van der Waals surface area contributed by atoms with E-state index < -0.39 is 17.8 Å². The molecule has 2 amide bonds. The monoisotopic (exact) mass is 529 g/mol. The number of nitrogens with one attached hydrogen (secondary N) is 3. The molecule has 0 bridgehead atoms. The summed E-state index contributed by atoms with van der Waals surface area (Å²) in [5.41, 5.74) is -0.0720. The van der Waals surface area contributed by atoms with E-state index in [0.717, 1.165) is 69.9 Å². The minimum absolute atomic E-state index is 0.116. The van der Waals surface area contributed by atoms with Gasteiger partial charge in [0.25, 0.3) is 0 Å². The largest absolute Gasteiger partial charge is 0.431 e. The normalized spacial score (nSPS) is 46.4. The second-order valence-electron chi connectivity index (χ2n) is 13.6. The summed E-state index contributed by atoms with van der Waals surface area (Å²) in [4.78, 5) is 24.2. The van der Waals surface area contributed by atoms with Crippen molar-refractivity contribution in [2.75, 3.05) is 13.1 Å². The maximum atomic E-state index is 14.2. The summed E-state index contributed by atoms with van der Waals surface area (Å²) >= 11 is 0. The maximum Gasteiger partial charge on any atom is 0.335 e. The Kier molecular flexibility index (Phi) is 6.65. The zero-order chi connectivity index (χ0) is 26.7. The van der Waals surface area contributed by atoms with Crippen molar-refractivity contribution in [2.45, 2.75) is 108 Å². The van der Waals surface area contributed by atoms with Crippen molar-refractivity contribution in [2.24, 2.45) is 28.6 Å². The topological polar surface area (TPSA) is 104 Å². The Morgan fingerprint density at radius 2 is 1.89 bits per heavy atom. The summed E-state index contributed by atoms with van der Waals surface area (Å²) < 4.78 is 19.4. The van der Waals surface area contributed by atoms with E-state index in [0.29, 0.717) is 24.8 Å². The van der Waals surface area contributed by atoms with Gasteiger partial charge in [0, 0.05) is 24.1 Å². The molecule has 0 spiro atoms. The quantitative estimate of drug-likeness (QED) is 0.469. The van der Waals surface area contributed by atoms with Crippen LogP contribution in [-0.4, -0.2) is 48.1 Å². The summed E-state index contributed by atoms with van der Waals surface area (Å²) in [5.74, 6) is 1.47. The highest BCUT2D eigenvalue weighted by atomic mass is 19.1. The second-order valence-corrected chi connectivity index (χ2v) is 13.6. The molecule has 1 aromatic heterocycles. The van der Waals surface area contributed by atoms with E-state index in [1.807, 2.05) is 6.07 Å². The van der Waals surface area contributed by atoms with Crippen LogP contribution in [0.15, 0.2) is 27.6 Å². The highest BCUT2D eigenvalue weighted by Gasteiger charge is 2.67. The zero-order valence-corrected chi connectivity index (χ0v) is 22.8. The number of piperidine rings is 1. The molecule has 10 atom stereocenters. The van der Waals surface area contributed by atoms with Crippen LogP contribution in [-0.2, 0) is 0 Å². The predicted octanol–water partition coefficient (Wildman–Crippen LogP) is 4.25. The lowest BCUT2D eigenvalue weighted by molar-refractivity contribution is -0.201. The van der Waals surface area contributed by atoms with Crippen LogP contribution in [0.1, 0.15) is 89.5 Å². The fraction of sp³-hybridized carbons (Fsp3) is 0.800. The van der Waals surface area contributed by atoms with E-state index in [-0.39, 0.29) is 40.4 Å². The number of hydrogen-bond acceptors (Lipinski definition) is 5. The molecule has 2 heterocycles. The van der Waals surface area contributed by atoms with Crippen LogP contribution in [0.4, 0.5) is 9.18 Å². The van der Waals surface area contributed by atoms with Gasteiger partial charge in [-0.2, -0.15) is 0 Å². The van der Waals surface area contributed by atoms with E-state index >= 15 is 0 Å². The van der Waals surface area contributed by atoms with Crippen molar-refractivity contribution < 1.29 is 18.7 Å². The lowest BCUT2D eigenvalue weighted by Gasteiger charge is -2.63. The number of aliphatic hydroxyl groups is 1. The molecule has 8 heteroatoms. The molecule has 0 radical (unpaired) electrons. The average molecular weight is 530 g/mol. The van der Waals surface area contributed by atoms with Gasteiger partial charge >= 0.3 is 11.7 Å². The number of fused-ring (bicyclic) bond motifs is 5. The van der Waals surface area contributed by atoms with Crippen LogP contribution in [0, 0.1) is 28.6 Å². The fourth-order valence-electron chi connectivity index (χ4n) is 9.84. The number of amides is 2. The van der Waals surface area contributed by atoms with E-state index in [1.54, 1.807) is 6.26 Å². The minimum Gasteiger partial charge on any atom is -0.431 e. The third-order valence-corrected chi connectivity index (χ3v) is 12.0. The van der Waals surface area contributed by atoms with Gasteiger partial charge in [0.15, 0.2) is 0 Å². The van der Waals surface area contributed by atoms with Crippen molar-refractivity contribution >= 4 is 6.03 Å². The molecule has 7 nitrogen and oxygen atoms in total. The van der Waals surface area contributed by atoms with Gasteiger partial charge in [0.1, 0.15) is 6.17 Å². The lowest BCUT2D eigenvalue weighted by atomic mass is 9.43. The first-order valence-electron chi connectivity index (χ1n) is 14.9. The SMILES string of the molecule is C[C@]12CC[C@H](NC(=O)NC3CCNC[C@H]3F)C[C@H]1CC[C@@H]1[C@@H]2CC[C@]2(C)[C@@H](c3ccc(=O)oc3)CC[C@]12O. The molecule has 1 unspecified atom stereocenters. The van der Waals surface area contributed by atoms with Crippen molar-refractivity contribution in [1.82, 2.24) is 16.0 Å². The highest BCUT2D eigenvalue weighted by Crippen LogP contribution is 2.70. The van der Waals surface area contributed by atoms with Crippen LogP contribution in [0.5, 0.6) is 0 Å². The molecule has 1 saturated heterocycles. The minimum atomic E-state index is -1.04. The summed E-state index contributed by atoms with van der Waals surface area (Å²) in [6.07, 6.45) is 10.00. The fourth-order valence-corrected chi connectivity index (χ4v) is 9.84. The third kappa shape index (κ3) is 4.12. The van der Waals surface area contributed by atoms with Gasteiger partial charge in [0.2, 0.25) is 0 Å². The first-order valence-corrected chi connectivity index (χ1v) is 14.9. The van der Waals surface area contributed by atoms with E-state index in [2.05, 4.69) is 29.8 Å². The number of urea groups is 1. The predicted molar refractivity (Wildman–Crippen MR) is 143 cm³/mol. The van der Waals surface area contributed by atoms with E-state index in [1.165, 1.54) is 6.07 Å². The molecule has 5 fully saturated rings. The smallest absolute Gasteiger partial charge is 0.335 e. The molecular weight excluding hydrogens is 485 g/mol. The molecule has 0 aromatic carbocycles. The first-order chi connectivity index (χ1) is 18.1. The standard InChI is InChI=1S/C30H44FN3O4/c1-28-11-7-20(33-27(36)34-25-10-14-32-16-24(25)31)15-19(28)4-5-23-22(28)8-12-29(2)21(9-13-30(23,29)37)18-3-6-26(35)38-17-18/h3,6,17,19-25,32,37H,4-5,7-16H2,1-2H3,(H2,33,34,36)/t19-,20+,21-,22+,23-,24-,25?,28+,29-,30+/m1/s1. The number of hydrogen-bond donors (Lipinski definition) is 4. The van der Waals surface area contributed by atoms with Gasteiger partial charge in [-0.3, -0.25) is 0 Å².